The van der Waals surface area contributed by atoms with Crippen molar-refractivity contribution < 1.29 is 4.74 Å². The number of rotatable bonds is 13. The largest absolute Gasteiger partial charge is 0.381 e. The third-order valence-corrected chi connectivity index (χ3v) is 3.44. The van der Waals surface area contributed by atoms with Crippen LogP contribution in [0.1, 0.15) is 78.1 Å². The van der Waals surface area contributed by atoms with Gasteiger partial charge in [-0.3, -0.25) is 0 Å². The molecule has 0 rings (SSSR count). The van der Waals surface area contributed by atoms with Crippen LogP contribution in [-0.2, 0) is 4.74 Å². The molecule has 0 spiro atoms. The molecule has 0 saturated carbocycles. The van der Waals surface area contributed by atoms with Crippen molar-refractivity contribution in [3.63, 3.8) is 0 Å². The number of hydrogen-bond donors (Lipinski definition) is 0. The average Bonchev–Trinajstić information content (AvgIpc) is 2.35. The molecule has 0 aromatic carbocycles. The minimum absolute atomic E-state index is 0.775. The van der Waals surface area contributed by atoms with E-state index in [0.29, 0.717) is 0 Å². The third-order valence-electron chi connectivity index (χ3n) is 3.44. The standard InChI is InChI=1S/C16H33O/c1-4-7-8-9-10-11-12-13-16(6-3)15-17-14-5-2/h16H,2,4-15H2,1,3H3. The van der Waals surface area contributed by atoms with E-state index in [2.05, 4.69) is 20.8 Å². The van der Waals surface area contributed by atoms with E-state index in [9.17, 15) is 0 Å². The van der Waals surface area contributed by atoms with Crippen LogP contribution in [0.2, 0.25) is 0 Å². The molecule has 17 heavy (non-hydrogen) atoms. The molecule has 1 radical (unpaired) electrons. The SMILES string of the molecule is [CH2]CCOCC(CC)CCCCCCCCC. The fourth-order valence-corrected chi connectivity index (χ4v) is 2.15. The van der Waals surface area contributed by atoms with Crippen LogP contribution in [0.4, 0.5) is 0 Å². The molecule has 0 saturated heterocycles. The Morgan fingerprint density at radius 3 is 2.18 bits per heavy atom. The summed E-state index contributed by atoms with van der Waals surface area (Å²) in [5.41, 5.74) is 0. The van der Waals surface area contributed by atoms with E-state index in [1.165, 1.54) is 57.8 Å². The lowest BCUT2D eigenvalue weighted by Gasteiger charge is -2.14. The van der Waals surface area contributed by atoms with E-state index in [1.807, 2.05) is 0 Å². The van der Waals surface area contributed by atoms with E-state index in [-0.39, 0.29) is 0 Å². The number of unbranched alkanes of at least 4 members (excludes halogenated alkanes) is 6. The fraction of sp³-hybridized carbons (Fsp3) is 0.938. The Balaban J connectivity index is 3.25. The zero-order valence-electron chi connectivity index (χ0n) is 12.2. The molecule has 0 amide bonds. The normalized spacial score (nSPS) is 12.9. The lowest BCUT2D eigenvalue weighted by molar-refractivity contribution is 0.0970. The van der Waals surface area contributed by atoms with Gasteiger partial charge in [0.05, 0.1) is 0 Å². The Hall–Kier alpha value is -0.0400. The van der Waals surface area contributed by atoms with Crippen molar-refractivity contribution in [3.05, 3.63) is 6.92 Å². The molecule has 103 valence electrons. The second-order valence-corrected chi connectivity index (χ2v) is 5.11. The Bertz CT molecular complexity index is 133. The Morgan fingerprint density at radius 2 is 1.59 bits per heavy atom. The molecule has 0 N–H and O–H groups in total. The van der Waals surface area contributed by atoms with Crippen LogP contribution < -0.4 is 0 Å². The van der Waals surface area contributed by atoms with Crippen LogP contribution in [0.15, 0.2) is 0 Å². The summed E-state index contributed by atoms with van der Waals surface area (Å²) >= 11 is 0. The van der Waals surface area contributed by atoms with Gasteiger partial charge in [-0.25, -0.2) is 0 Å². The smallest absolute Gasteiger partial charge is 0.0494 e. The maximum Gasteiger partial charge on any atom is 0.0494 e. The first-order chi connectivity index (χ1) is 8.35. The summed E-state index contributed by atoms with van der Waals surface area (Å²) in [7, 11) is 0. The quantitative estimate of drug-likeness (QED) is 0.393. The average molecular weight is 241 g/mol. The van der Waals surface area contributed by atoms with Gasteiger partial charge in [0.25, 0.3) is 0 Å². The van der Waals surface area contributed by atoms with E-state index in [1.54, 1.807) is 0 Å². The molecule has 0 aliphatic carbocycles. The second kappa shape index (κ2) is 14.0. The summed E-state index contributed by atoms with van der Waals surface area (Å²) in [6.07, 6.45) is 13.4. The predicted octanol–water partition coefficient (Wildman–Crippen LogP) is 5.39. The zero-order chi connectivity index (χ0) is 12.8. The maximum atomic E-state index is 5.58. The monoisotopic (exact) mass is 241 g/mol. The van der Waals surface area contributed by atoms with Gasteiger partial charge in [0.2, 0.25) is 0 Å². The fourth-order valence-electron chi connectivity index (χ4n) is 2.15. The van der Waals surface area contributed by atoms with Gasteiger partial charge in [0, 0.05) is 13.2 Å². The first-order valence-corrected chi connectivity index (χ1v) is 7.72. The van der Waals surface area contributed by atoms with Crippen LogP contribution in [0.25, 0.3) is 0 Å². The molecule has 0 aromatic rings. The van der Waals surface area contributed by atoms with E-state index in [4.69, 9.17) is 4.74 Å². The van der Waals surface area contributed by atoms with Gasteiger partial charge < -0.3 is 4.74 Å². The summed E-state index contributed by atoms with van der Waals surface area (Å²) in [6.45, 7) is 10.1. The predicted molar refractivity (Wildman–Crippen MR) is 77.2 cm³/mol. The van der Waals surface area contributed by atoms with Crippen molar-refractivity contribution >= 4 is 0 Å². The highest BCUT2D eigenvalue weighted by atomic mass is 16.5. The van der Waals surface area contributed by atoms with Crippen molar-refractivity contribution in [2.75, 3.05) is 13.2 Å². The van der Waals surface area contributed by atoms with Crippen LogP contribution in [-0.4, -0.2) is 13.2 Å². The van der Waals surface area contributed by atoms with E-state index >= 15 is 0 Å². The van der Waals surface area contributed by atoms with Crippen LogP contribution >= 0.6 is 0 Å². The molecule has 0 fully saturated rings. The molecular weight excluding hydrogens is 208 g/mol. The van der Waals surface area contributed by atoms with Crippen molar-refractivity contribution in [3.8, 4) is 0 Å². The summed E-state index contributed by atoms with van der Waals surface area (Å²) in [5.74, 6) is 0.775. The van der Waals surface area contributed by atoms with Gasteiger partial charge >= 0.3 is 0 Å². The minimum atomic E-state index is 0.775. The molecule has 1 unspecified atom stereocenters. The van der Waals surface area contributed by atoms with Crippen LogP contribution in [0.3, 0.4) is 0 Å². The summed E-state index contributed by atoms with van der Waals surface area (Å²) < 4.78 is 5.58. The van der Waals surface area contributed by atoms with Crippen LogP contribution in [0.5, 0.6) is 0 Å². The molecule has 0 aliphatic heterocycles. The summed E-state index contributed by atoms with van der Waals surface area (Å²) in [6, 6.07) is 0. The van der Waals surface area contributed by atoms with Gasteiger partial charge in [0.1, 0.15) is 0 Å². The van der Waals surface area contributed by atoms with E-state index < -0.39 is 0 Å². The van der Waals surface area contributed by atoms with Gasteiger partial charge in [0.15, 0.2) is 0 Å². The first kappa shape index (κ1) is 17.0. The lowest BCUT2D eigenvalue weighted by atomic mass is 9.98. The van der Waals surface area contributed by atoms with Gasteiger partial charge in [-0.2, -0.15) is 0 Å². The number of hydrogen-bond acceptors (Lipinski definition) is 1. The van der Waals surface area contributed by atoms with Crippen molar-refractivity contribution in [1.82, 2.24) is 0 Å². The lowest BCUT2D eigenvalue weighted by Crippen LogP contribution is -2.09. The zero-order valence-corrected chi connectivity index (χ0v) is 12.2. The van der Waals surface area contributed by atoms with Gasteiger partial charge in [-0.05, 0) is 18.8 Å². The summed E-state index contributed by atoms with van der Waals surface area (Å²) in [5, 5.41) is 0. The highest BCUT2D eigenvalue weighted by Gasteiger charge is 2.05. The highest BCUT2D eigenvalue weighted by molar-refractivity contribution is 4.57. The molecule has 1 atom stereocenters. The van der Waals surface area contributed by atoms with Crippen LogP contribution in [0, 0.1) is 12.8 Å². The molecule has 0 aromatic heterocycles. The molecular formula is C16H33O. The van der Waals surface area contributed by atoms with Gasteiger partial charge in [-0.15, -0.1) is 0 Å². The Morgan fingerprint density at radius 1 is 0.941 bits per heavy atom. The second-order valence-electron chi connectivity index (χ2n) is 5.11. The number of ether oxygens (including phenoxy) is 1. The Labute approximate surface area is 109 Å². The van der Waals surface area contributed by atoms with Crippen molar-refractivity contribution in [2.45, 2.75) is 78.1 Å². The summed E-state index contributed by atoms with van der Waals surface area (Å²) in [4.78, 5) is 0. The Kier molecular flexibility index (Phi) is 14.0. The molecule has 1 heteroatoms. The first-order valence-electron chi connectivity index (χ1n) is 7.72. The highest BCUT2D eigenvalue weighted by Crippen LogP contribution is 2.15. The van der Waals surface area contributed by atoms with E-state index in [0.717, 1.165) is 25.6 Å². The van der Waals surface area contributed by atoms with Crippen molar-refractivity contribution in [2.24, 2.45) is 5.92 Å². The third kappa shape index (κ3) is 12.2. The minimum Gasteiger partial charge on any atom is -0.381 e. The van der Waals surface area contributed by atoms with Crippen molar-refractivity contribution in [1.29, 1.82) is 0 Å². The molecule has 0 heterocycles. The maximum absolute atomic E-state index is 5.58. The molecule has 1 nitrogen and oxygen atoms in total. The molecule has 0 bridgehead atoms. The van der Waals surface area contributed by atoms with Gasteiger partial charge in [-0.1, -0.05) is 72.1 Å². The molecule has 0 aliphatic rings. The topological polar surface area (TPSA) is 9.23 Å².